The quantitative estimate of drug-likeness (QED) is 0.623. The molecule has 0 radical (unpaired) electrons. The van der Waals surface area contributed by atoms with Crippen molar-refractivity contribution in [3.05, 3.63) is 78.4 Å². The van der Waals surface area contributed by atoms with E-state index in [1.165, 1.54) is 7.11 Å². The highest BCUT2D eigenvalue weighted by Gasteiger charge is 2.23. The standard InChI is InChI=1S/C22H21NO4S/c1-27-22(25)20(13-14-28(26)19-9-3-2-4-10-19)23-21(24)18-12-11-16-7-5-6-8-17(16)15-18/h2-12,15,20H,13-14H2,1H3,(H,23,24)/t20-,28+/m1/s1. The second-order valence-corrected chi connectivity index (χ2v) is 7.83. The van der Waals surface area contributed by atoms with E-state index in [2.05, 4.69) is 5.32 Å². The Morgan fingerprint density at radius 3 is 2.36 bits per heavy atom. The summed E-state index contributed by atoms with van der Waals surface area (Å²) in [6.07, 6.45) is 0.216. The van der Waals surface area contributed by atoms with Crippen LogP contribution in [-0.2, 0) is 20.3 Å². The van der Waals surface area contributed by atoms with Gasteiger partial charge in [-0.2, -0.15) is 0 Å². The minimum Gasteiger partial charge on any atom is -0.467 e. The van der Waals surface area contributed by atoms with Crippen LogP contribution in [0.3, 0.4) is 0 Å². The topological polar surface area (TPSA) is 72.5 Å². The van der Waals surface area contributed by atoms with E-state index in [0.29, 0.717) is 10.5 Å². The van der Waals surface area contributed by atoms with Crippen LogP contribution in [0.5, 0.6) is 0 Å². The monoisotopic (exact) mass is 395 g/mol. The highest BCUT2D eigenvalue weighted by molar-refractivity contribution is 7.85. The molecule has 2 atom stereocenters. The van der Waals surface area contributed by atoms with Gasteiger partial charge in [0.15, 0.2) is 0 Å². The van der Waals surface area contributed by atoms with Crippen LogP contribution in [0.15, 0.2) is 77.7 Å². The van der Waals surface area contributed by atoms with Gasteiger partial charge in [0.05, 0.1) is 17.9 Å². The summed E-state index contributed by atoms with van der Waals surface area (Å²) < 4.78 is 17.2. The fourth-order valence-corrected chi connectivity index (χ4v) is 4.02. The largest absolute Gasteiger partial charge is 0.467 e. The minimum absolute atomic E-state index is 0.216. The maximum Gasteiger partial charge on any atom is 0.328 e. The van der Waals surface area contributed by atoms with Crippen molar-refractivity contribution in [1.29, 1.82) is 0 Å². The van der Waals surface area contributed by atoms with Crippen LogP contribution in [0.2, 0.25) is 0 Å². The number of amides is 1. The fourth-order valence-electron chi connectivity index (χ4n) is 2.88. The van der Waals surface area contributed by atoms with Gasteiger partial charge >= 0.3 is 5.97 Å². The lowest BCUT2D eigenvalue weighted by Crippen LogP contribution is -2.42. The van der Waals surface area contributed by atoms with Gasteiger partial charge in [0.2, 0.25) is 0 Å². The molecule has 0 spiro atoms. The maximum atomic E-state index is 12.6. The summed E-state index contributed by atoms with van der Waals surface area (Å²) >= 11 is 0. The summed E-state index contributed by atoms with van der Waals surface area (Å²) in [5.74, 6) is -0.687. The van der Waals surface area contributed by atoms with Crippen molar-refractivity contribution >= 4 is 33.4 Å². The van der Waals surface area contributed by atoms with Crippen molar-refractivity contribution in [3.8, 4) is 0 Å². The second-order valence-electron chi connectivity index (χ2n) is 6.26. The number of ether oxygens (including phenoxy) is 1. The second kappa shape index (κ2) is 9.28. The van der Waals surface area contributed by atoms with Gasteiger partial charge < -0.3 is 10.1 Å². The molecule has 3 rings (SSSR count). The van der Waals surface area contributed by atoms with E-state index in [-0.39, 0.29) is 18.1 Å². The third-order valence-corrected chi connectivity index (χ3v) is 5.81. The Hall–Kier alpha value is -2.99. The molecule has 0 aliphatic carbocycles. The van der Waals surface area contributed by atoms with Gasteiger partial charge in [0.25, 0.3) is 5.91 Å². The Balaban J connectivity index is 1.69. The number of methoxy groups -OCH3 is 1. The number of hydrogen-bond donors (Lipinski definition) is 1. The first-order valence-electron chi connectivity index (χ1n) is 8.89. The van der Waals surface area contributed by atoms with Gasteiger partial charge in [0, 0.05) is 16.2 Å². The molecule has 1 amide bonds. The molecule has 0 fully saturated rings. The Morgan fingerprint density at radius 1 is 0.964 bits per heavy atom. The van der Waals surface area contributed by atoms with E-state index in [4.69, 9.17) is 4.74 Å². The molecule has 28 heavy (non-hydrogen) atoms. The summed E-state index contributed by atoms with van der Waals surface area (Å²) in [6.45, 7) is 0. The summed E-state index contributed by atoms with van der Waals surface area (Å²) in [4.78, 5) is 25.4. The number of esters is 1. The molecule has 0 aliphatic rings. The third-order valence-electron chi connectivity index (χ3n) is 4.40. The predicted octanol–water partition coefficient (Wildman–Crippen LogP) is 3.31. The van der Waals surface area contributed by atoms with Crippen LogP contribution in [-0.4, -0.2) is 35.0 Å². The highest BCUT2D eigenvalue weighted by Crippen LogP contribution is 2.16. The van der Waals surface area contributed by atoms with Crippen molar-refractivity contribution in [2.45, 2.75) is 17.4 Å². The molecule has 144 valence electrons. The number of fused-ring (bicyclic) bond motifs is 1. The molecule has 3 aromatic carbocycles. The van der Waals surface area contributed by atoms with Crippen molar-refractivity contribution in [2.75, 3.05) is 12.9 Å². The molecule has 0 bridgehead atoms. The van der Waals surface area contributed by atoms with Gasteiger partial charge in [-0.05, 0) is 41.5 Å². The molecule has 1 N–H and O–H groups in total. The summed E-state index contributed by atoms with van der Waals surface area (Å²) in [5, 5.41) is 4.68. The highest BCUT2D eigenvalue weighted by atomic mass is 32.2. The number of rotatable bonds is 7. The summed E-state index contributed by atoms with van der Waals surface area (Å²) in [6, 6.07) is 21.2. The van der Waals surface area contributed by atoms with Gasteiger partial charge in [-0.15, -0.1) is 0 Å². The van der Waals surface area contributed by atoms with E-state index in [0.717, 1.165) is 10.8 Å². The van der Waals surface area contributed by atoms with Crippen molar-refractivity contribution in [2.24, 2.45) is 0 Å². The van der Waals surface area contributed by atoms with Crippen molar-refractivity contribution < 1.29 is 18.5 Å². The average Bonchev–Trinajstić information content (AvgIpc) is 2.75. The van der Waals surface area contributed by atoms with Crippen LogP contribution in [0.25, 0.3) is 10.8 Å². The fraction of sp³-hybridized carbons (Fsp3) is 0.182. The Bertz CT molecular complexity index is 1000. The minimum atomic E-state index is -1.26. The van der Waals surface area contributed by atoms with E-state index in [1.54, 1.807) is 24.3 Å². The Kier molecular flexibility index (Phi) is 6.55. The van der Waals surface area contributed by atoms with Crippen LogP contribution in [0.4, 0.5) is 0 Å². The molecule has 0 heterocycles. The maximum absolute atomic E-state index is 12.6. The lowest BCUT2D eigenvalue weighted by molar-refractivity contribution is -0.142. The zero-order valence-corrected chi connectivity index (χ0v) is 16.3. The summed E-state index contributed by atoms with van der Waals surface area (Å²) in [5.41, 5.74) is 0.455. The smallest absolute Gasteiger partial charge is 0.328 e. The molecule has 0 saturated carbocycles. The van der Waals surface area contributed by atoms with Crippen molar-refractivity contribution in [1.82, 2.24) is 5.32 Å². The Labute approximate surface area is 166 Å². The first-order valence-corrected chi connectivity index (χ1v) is 10.2. The molecular formula is C22H21NO4S. The first-order chi connectivity index (χ1) is 13.6. The summed E-state index contributed by atoms with van der Waals surface area (Å²) in [7, 11) is 0.0100. The molecule has 0 unspecified atom stereocenters. The van der Waals surface area contributed by atoms with Crippen molar-refractivity contribution in [3.63, 3.8) is 0 Å². The van der Waals surface area contributed by atoms with Gasteiger partial charge in [-0.3, -0.25) is 9.00 Å². The molecule has 6 heteroatoms. The first kappa shape index (κ1) is 19.8. The zero-order valence-electron chi connectivity index (χ0n) is 15.5. The molecule has 5 nitrogen and oxygen atoms in total. The lowest BCUT2D eigenvalue weighted by Gasteiger charge is -2.16. The van der Waals surface area contributed by atoms with Crippen LogP contribution < -0.4 is 5.32 Å². The number of carbonyl (C=O) groups excluding carboxylic acids is 2. The van der Waals surface area contributed by atoms with E-state index in [9.17, 15) is 13.8 Å². The molecular weight excluding hydrogens is 374 g/mol. The number of hydrogen-bond acceptors (Lipinski definition) is 4. The molecule has 3 aromatic rings. The van der Waals surface area contributed by atoms with Gasteiger partial charge in [-0.1, -0.05) is 48.5 Å². The third kappa shape index (κ3) is 4.84. The molecule has 0 aliphatic heterocycles. The molecule has 0 saturated heterocycles. The van der Waals surface area contributed by atoms with Crippen LogP contribution in [0, 0.1) is 0 Å². The van der Waals surface area contributed by atoms with Crippen LogP contribution in [0.1, 0.15) is 16.8 Å². The predicted molar refractivity (Wildman–Crippen MR) is 110 cm³/mol. The lowest BCUT2D eigenvalue weighted by atomic mass is 10.1. The van der Waals surface area contributed by atoms with Gasteiger partial charge in [-0.25, -0.2) is 4.79 Å². The molecule has 0 aromatic heterocycles. The number of nitrogens with one attached hydrogen (secondary N) is 1. The van der Waals surface area contributed by atoms with E-state index < -0.39 is 22.8 Å². The van der Waals surface area contributed by atoms with Gasteiger partial charge in [0.1, 0.15) is 6.04 Å². The van der Waals surface area contributed by atoms with E-state index in [1.807, 2.05) is 48.5 Å². The van der Waals surface area contributed by atoms with E-state index >= 15 is 0 Å². The number of benzene rings is 3. The average molecular weight is 395 g/mol. The normalized spacial score (nSPS) is 12.9. The van der Waals surface area contributed by atoms with Crippen LogP contribution >= 0.6 is 0 Å². The zero-order chi connectivity index (χ0) is 19.9. The Morgan fingerprint density at radius 2 is 1.64 bits per heavy atom. The SMILES string of the molecule is COC(=O)[C@@H](CC[S@](=O)c1ccccc1)NC(=O)c1ccc2ccccc2c1. The number of carbonyl (C=O) groups is 2.